The van der Waals surface area contributed by atoms with Crippen molar-refractivity contribution in [2.24, 2.45) is 0 Å². The highest BCUT2D eigenvalue weighted by molar-refractivity contribution is 5.74. The van der Waals surface area contributed by atoms with Crippen molar-refractivity contribution in [2.75, 3.05) is 47.9 Å². The standard InChI is InChI=1S/C20H30N4O4/c1-6-9-21-20(25)24(11-10-23(2)3)14-15-12-19(28-22-15)17-13-16(26-4)7-8-18(17)27-5/h7-8,12-13H,6,9-11,14H2,1-5H3,(H,21,25). The van der Waals surface area contributed by atoms with E-state index in [9.17, 15) is 4.79 Å². The van der Waals surface area contributed by atoms with Gasteiger partial charge >= 0.3 is 6.03 Å². The van der Waals surface area contributed by atoms with Crippen molar-refractivity contribution in [3.05, 3.63) is 30.0 Å². The van der Waals surface area contributed by atoms with E-state index in [0.29, 0.717) is 42.6 Å². The highest BCUT2D eigenvalue weighted by atomic mass is 16.5. The molecule has 2 rings (SSSR count). The number of carbonyl (C=O) groups is 1. The maximum Gasteiger partial charge on any atom is 0.317 e. The summed E-state index contributed by atoms with van der Waals surface area (Å²) in [5, 5.41) is 7.07. The van der Waals surface area contributed by atoms with Crippen LogP contribution in [0.4, 0.5) is 4.79 Å². The van der Waals surface area contributed by atoms with Crippen molar-refractivity contribution >= 4 is 6.03 Å². The van der Waals surface area contributed by atoms with Crippen LogP contribution in [0, 0.1) is 0 Å². The number of urea groups is 1. The third kappa shape index (κ3) is 5.88. The summed E-state index contributed by atoms with van der Waals surface area (Å²) in [5.74, 6) is 1.92. The number of aromatic nitrogens is 1. The Kier molecular flexibility index (Phi) is 8.13. The first-order valence-corrected chi connectivity index (χ1v) is 9.34. The first kappa shape index (κ1) is 21.6. The molecule has 0 radical (unpaired) electrons. The van der Waals surface area contributed by atoms with Crippen LogP contribution in [-0.2, 0) is 6.54 Å². The molecule has 0 aliphatic carbocycles. The van der Waals surface area contributed by atoms with Crippen LogP contribution in [0.1, 0.15) is 19.0 Å². The number of amides is 2. The first-order valence-electron chi connectivity index (χ1n) is 9.34. The predicted molar refractivity (Wildman–Crippen MR) is 108 cm³/mol. The molecule has 0 saturated carbocycles. The second-order valence-corrected chi connectivity index (χ2v) is 6.71. The molecule has 0 bridgehead atoms. The molecular weight excluding hydrogens is 360 g/mol. The van der Waals surface area contributed by atoms with E-state index in [2.05, 4.69) is 10.5 Å². The molecule has 0 fully saturated rings. The fraction of sp³-hybridized carbons (Fsp3) is 0.500. The molecule has 0 aliphatic heterocycles. The molecule has 8 heteroatoms. The van der Waals surface area contributed by atoms with Gasteiger partial charge in [0.15, 0.2) is 5.76 Å². The third-order valence-corrected chi connectivity index (χ3v) is 4.21. The molecule has 0 aliphatic rings. The van der Waals surface area contributed by atoms with E-state index >= 15 is 0 Å². The summed E-state index contributed by atoms with van der Waals surface area (Å²) in [6, 6.07) is 7.19. The Hall–Kier alpha value is -2.74. The van der Waals surface area contributed by atoms with Crippen LogP contribution >= 0.6 is 0 Å². The van der Waals surface area contributed by atoms with E-state index < -0.39 is 0 Å². The topological polar surface area (TPSA) is 80.1 Å². The highest BCUT2D eigenvalue weighted by Crippen LogP contribution is 2.33. The van der Waals surface area contributed by atoms with E-state index in [1.165, 1.54) is 0 Å². The van der Waals surface area contributed by atoms with Gasteiger partial charge < -0.3 is 29.1 Å². The van der Waals surface area contributed by atoms with Gasteiger partial charge in [-0.25, -0.2) is 4.79 Å². The first-order chi connectivity index (χ1) is 13.5. The number of hydrogen-bond donors (Lipinski definition) is 1. The van der Waals surface area contributed by atoms with Gasteiger partial charge in [0.1, 0.15) is 17.2 Å². The Morgan fingerprint density at radius 2 is 1.96 bits per heavy atom. The lowest BCUT2D eigenvalue weighted by Gasteiger charge is -2.23. The molecule has 0 spiro atoms. The molecule has 2 aromatic rings. The number of ether oxygens (including phenoxy) is 2. The van der Waals surface area contributed by atoms with Gasteiger partial charge in [0, 0.05) is 25.7 Å². The summed E-state index contributed by atoms with van der Waals surface area (Å²) in [4.78, 5) is 16.3. The van der Waals surface area contributed by atoms with Gasteiger partial charge in [-0.3, -0.25) is 0 Å². The van der Waals surface area contributed by atoms with Gasteiger partial charge in [-0.05, 0) is 38.7 Å². The minimum atomic E-state index is -0.104. The molecule has 1 aromatic carbocycles. The Morgan fingerprint density at radius 3 is 2.61 bits per heavy atom. The predicted octanol–water partition coefficient (Wildman–Crippen LogP) is 2.84. The second kappa shape index (κ2) is 10.6. The molecular formula is C20H30N4O4. The monoisotopic (exact) mass is 390 g/mol. The molecule has 28 heavy (non-hydrogen) atoms. The number of likely N-dealkylation sites (N-methyl/N-ethyl adjacent to an activating group) is 1. The van der Waals surface area contributed by atoms with Gasteiger partial charge in [-0.15, -0.1) is 0 Å². The SMILES string of the molecule is CCCNC(=O)N(CCN(C)C)Cc1cc(-c2cc(OC)ccc2OC)on1. The summed E-state index contributed by atoms with van der Waals surface area (Å²) >= 11 is 0. The largest absolute Gasteiger partial charge is 0.497 e. The zero-order chi connectivity index (χ0) is 20.5. The molecule has 154 valence electrons. The average Bonchev–Trinajstić information content (AvgIpc) is 3.16. The Bertz CT molecular complexity index is 760. The maximum absolute atomic E-state index is 12.5. The smallest absolute Gasteiger partial charge is 0.317 e. The number of nitrogens with one attached hydrogen (secondary N) is 1. The minimum absolute atomic E-state index is 0.104. The van der Waals surface area contributed by atoms with Gasteiger partial charge in [-0.1, -0.05) is 12.1 Å². The number of nitrogens with zero attached hydrogens (tertiary/aromatic N) is 3. The van der Waals surface area contributed by atoms with E-state index in [-0.39, 0.29) is 6.03 Å². The summed E-state index contributed by atoms with van der Waals surface area (Å²) in [6.07, 6.45) is 0.886. The van der Waals surface area contributed by atoms with Gasteiger partial charge in [0.25, 0.3) is 0 Å². The fourth-order valence-corrected chi connectivity index (χ4v) is 2.63. The molecule has 0 saturated heterocycles. The van der Waals surface area contributed by atoms with Crippen molar-refractivity contribution < 1.29 is 18.8 Å². The Morgan fingerprint density at radius 1 is 1.18 bits per heavy atom. The normalized spacial score (nSPS) is 10.8. The number of methoxy groups -OCH3 is 2. The second-order valence-electron chi connectivity index (χ2n) is 6.71. The summed E-state index contributed by atoms with van der Waals surface area (Å²) in [7, 11) is 7.16. The van der Waals surface area contributed by atoms with Gasteiger partial charge in [-0.2, -0.15) is 0 Å². The molecule has 1 N–H and O–H groups in total. The zero-order valence-corrected chi connectivity index (χ0v) is 17.3. The van der Waals surface area contributed by atoms with Gasteiger partial charge in [0.05, 0.1) is 26.3 Å². The lowest BCUT2D eigenvalue weighted by molar-refractivity contribution is 0.187. The minimum Gasteiger partial charge on any atom is -0.497 e. The molecule has 2 amide bonds. The summed E-state index contributed by atoms with van der Waals surface area (Å²) < 4.78 is 16.2. The van der Waals surface area contributed by atoms with Crippen molar-refractivity contribution in [3.63, 3.8) is 0 Å². The van der Waals surface area contributed by atoms with Crippen molar-refractivity contribution in [1.29, 1.82) is 0 Å². The van der Waals surface area contributed by atoms with Gasteiger partial charge in [0.2, 0.25) is 0 Å². The number of rotatable bonds is 10. The number of benzene rings is 1. The molecule has 0 unspecified atom stereocenters. The summed E-state index contributed by atoms with van der Waals surface area (Å²) in [6.45, 7) is 4.37. The summed E-state index contributed by atoms with van der Waals surface area (Å²) in [5.41, 5.74) is 1.42. The third-order valence-electron chi connectivity index (χ3n) is 4.21. The quantitative estimate of drug-likeness (QED) is 0.672. The van der Waals surface area contributed by atoms with Crippen LogP contribution in [-0.4, -0.2) is 68.9 Å². The molecule has 0 atom stereocenters. The number of carbonyl (C=O) groups excluding carboxylic acids is 1. The van der Waals surface area contributed by atoms with E-state index in [0.717, 1.165) is 18.5 Å². The lowest BCUT2D eigenvalue weighted by Crippen LogP contribution is -2.42. The van der Waals surface area contributed by atoms with Crippen LogP contribution in [0.25, 0.3) is 11.3 Å². The van der Waals surface area contributed by atoms with Crippen molar-refractivity contribution in [3.8, 4) is 22.8 Å². The fourth-order valence-electron chi connectivity index (χ4n) is 2.63. The lowest BCUT2D eigenvalue weighted by atomic mass is 10.1. The number of hydrogen-bond acceptors (Lipinski definition) is 6. The van der Waals surface area contributed by atoms with Crippen molar-refractivity contribution in [1.82, 2.24) is 20.3 Å². The Balaban J connectivity index is 2.19. The van der Waals surface area contributed by atoms with E-state index in [1.807, 2.05) is 50.2 Å². The van der Waals surface area contributed by atoms with Crippen LogP contribution in [0.3, 0.4) is 0 Å². The maximum atomic E-state index is 12.5. The highest BCUT2D eigenvalue weighted by Gasteiger charge is 2.18. The zero-order valence-electron chi connectivity index (χ0n) is 17.3. The molecule has 1 heterocycles. The Labute approximate surface area is 166 Å². The van der Waals surface area contributed by atoms with Crippen LogP contribution in [0.5, 0.6) is 11.5 Å². The van der Waals surface area contributed by atoms with E-state index in [4.69, 9.17) is 14.0 Å². The van der Waals surface area contributed by atoms with E-state index in [1.54, 1.807) is 19.1 Å². The molecule has 8 nitrogen and oxygen atoms in total. The van der Waals surface area contributed by atoms with Crippen LogP contribution in [0.2, 0.25) is 0 Å². The van der Waals surface area contributed by atoms with Crippen LogP contribution in [0.15, 0.2) is 28.8 Å². The average molecular weight is 390 g/mol. The van der Waals surface area contributed by atoms with Crippen LogP contribution < -0.4 is 14.8 Å². The molecule has 1 aromatic heterocycles. The van der Waals surface area contributed by atoms with Crippen molar-refractivity contribution in [2.45, 2.75) is 19.9 Å².